The molecule has 0 aliphatic rings. The van der Waals surface area contributed by atoms with Gasteiger partial charge in [-0.15, -0.1) is 0 Å². The number of hydrogen-bond acceptors (Lipinski definition) is 4. The highest BCUT2D eigenvalue weighted by Crippen LogP contribution is 2.32. The molecule has 2 aromatic rings. The molecule has 8 heteroatoms. The molecule has 0 fully saturated rings. The minimum Gasteiger partial charge on any atom is -0.375 e. The molecule has 0 aromatic heterocycles. The molecule has 0 bridgehead atoms. The summed E-state index contributed by atoms with van der Waals surface area (Å²) in [5.74, 6) is -0.539. The van der Waals surface area contributed by atoms with Gasteiger partial charge in [0.1, 0.15) is 6.29 Å². The second kappa shape index (κ2) is 4.78. The van der Waals surface area contributed by atoms with Gasteiger partial charge in [-0.3, -0.25) is 4.79 Å². The van der Waals surface area contributed by atoms with Crippen LogP contribution in [0.5, 0.6) is 5.75 Å². The van der Waals surface area contributed by atoms with Gasteiger partial charge >= 0.3 is 15.6 Å². The number of benzene rings is 2. The minimum atomic E-state index is -5.78. The van der Waals surface area contributed by atoms with E-state index >= 15 is 0 Å². The molecule has 0 N–H and O–H groups in total. The number of hydrogen-bond donors (Lipinski definition) is 0. The maximum absolute atomic E-state index is 12.3. The molecule has 0 aliphatic heterocycles. The van der Waals surface area contributed by atoms with Crippen LogP contribution < -0.4 is 4.18 Å². The van der Waals surface area contributed by atoms with Crippen molar-refractivity contribution in [1.82, 2.24) is 0 Å². The molecule has 20 heavy (non-hydrogen) atoms. The van der Waals surface area contributed by atoms with Crippen molar-refractivity contribution in [2.75, 3.05) is 0 Å². The Labute approximate surface area is 111 Å². The Bertz CT molecular complexity index is 766. The van der Waals surface area contributed by atoms with Gasteiger partial charge in [-0.25, -0.2) is 0 Å². The molecule has 0 saturated heterocycles. The van der Waals surface area contributed by atoms with Crippen molar-refractivity contribution in [3.05, 3.63) is 42.0 Å². The van der Waals surface area contributed by atoms with Crippen LogP contribution in [0.2, 0.25) is 0 Å². The lowest BCUT2D eigenvalue weighted by molar-refractivity contribution is -0.0499. The van der Waals surface area contributed by atoms with E-state index in [9.17, 15) is 26.4 Å². The molecule has 2 aromatic carbocycles. The van der Waals surface area contributed by atoms with Gasteiger partial charge in [-0.1, -0.05) is 24.3 Å². The fourth-order valence-corrected chi connectivity index (χ4v) is 2.07. The van der Waals surface area contributed by atoms with Gasteiger partial charge in [0, 0.05) is 10.9 Å². The first-order chi connectivity index (χ1) is 9.24. The molecule has 2 rings (SSSR count). The zero-order valence-electron chi connectivity index (χ0n) is 9.72. The number of carbonyl (C=O) groups excluding carboxylic acids is 1. The van der Waals surface area contributed by atoms with Crippen LogP contribution in [0.25, 0.3) is 10.8 Å². The molecule has 0 amide bonds. The average molecular weight is 304 g/mol. The summed E-state index contributed by atoms with van der Waals surface area (Å²) in [4.78, 5) is 10.7. The van der Waals surface area contributed by atoms with Crippen molar-refractivity contribution in [3.8, 4) is 5.75 Å². The van der Waals surface area contributed by atoms with Gasteiger partial charge < -0.3 is 4.18 Å². The van der Waals surface area contributed by atoms with E-state index in [0.717, 1.165) is 6.07 Å². The zero-order chi connectivity index (χ0) is 15.0. The average Bonchev–Trinajstić information content (AvgIpc) is 2.36. The first-order valence-electron chi connectivity index (χ1n) is 5.23. The van der Waals surface area contributed by atoms with Gasteiger partial charge in [-0.05, 0) is 17.5 Å². The van der Waals surface area contributed by atoms with Crippen molar-refractivity contribution in [1.29, 1.82) is 0 Å². The predicted octanol–water partition coefficient (Wildman–Crippen LogP) is 2.88. The fraction of sp³-hybridized carbons (Fsp3) is 0.0833. The SMILES string of the molecule is O=Cc1cc(OS(=O)(=O)C(F)(F)F)c2ccccc2c1. The van der Waals surface area contributed by atoms with Crippen LogP contribution in [0, 0.1) is 0 Å². The minimum absolute atomic E-state index is 0.0103. The lowest BCUT2D eigenvalue weighted by atomic mass is 10.1. The summed E-state index contributed by atoms with van der Waals surface area (Å²) in [6.45, 7) is 0. The number of aldehydes is 1. The molecule has 0 saturated carbocycles. The van der Waals surface area contributed by atoms with Gasteiger partial charge in [0.15, 0.2) is 5.75 Å². The van der Waals surface area contributed by atoms with Crippen molar-refractivity contribution in [2.45, 2.75) is 5.51 Å². The molecule has 0 aliphatic carbocycles. The summed E-state index contributed by atoms with van der Waals surface area (Å²) in [6, 6.07) is 8.38. The quantitative estimate of drug-likeness (QED) is 0.497. The summed E-state index contributed by atoms with van der Waals surface area (Å²) >= 11 is 0. The van der Waals surface area contributed by atoms with Crippen LogP contribution in [-0.4, -0.2) is 20.2 Å². The highest BCUT2D eigenvalue weighted by molar-refractivity contribution is 7.88. The van der Waals surface area contributed by atoms with E-state index < -0.39 is 21.4 Å². The van der Waals surface area contributed by atoms with Crippen molar-refractivity contribution in [2.24, 2.45) is 0 Å². The van der Waals surface area contributed by atoms with Crippen molar-refractivity contribution in [3.63, 3.8) is 0 Å². The van der Waals surface area contributed by atoms with Crippen LogP contribution >= 0.6 is 0 Å². The van der Waals surface area contributed by atoms with E-state index in [-0.39, 0.29) is 10.9 Å². The molecule has 4 nitrogen and oxygen atoms in total. The summed E-state index contributed by atoms with van der Waals surface area (Å²) in [5, 5.41) is 0.551. The summed E-state index contributed by atoms with van der Waals surface area (Å²) in [7, 11) is -5.78. The van der Waals surface area contributed by atoms with Crippen LogP contribution in [0.15, 0.2) is 36.4 Å². The van der Waals surface area contributed by atoms with E-state index in [2.05, 4.69) is 4.18 Å². The smallest absolute Gasteiger partial charge is 0.375 e. The molecule has 0 radical (unpaired) electrons. The first-order valence-corrected chi connectivity index (χ1v) is 6.64. The fourth-order valence-electron chi connectivity index (χ4n) is 1.60. The third kappa shape index (κ3) is 2.60. The summed E-state index contributed by atoms with van der Waals surface area (Å²) < 4.78 is 63.1. The second-order valence-electron chi connectivity index (χ2n) is 3.84. The second-order valence-corrected chi connectivity index (χ2v) is 5.38. The van der Waals surface area contributed by atoms with Gasteiger partial charge in [0.25, 0.3) is 0 Å². The van der Waals surface area contributed by atoms with Gasteiger partial charge in [-0.2, -0.15) is 21.6 Å². The number of alkyl halides is 3. The highest BCUT2D eigenvalue weighted by atomic mass is 32.2. The number of rotatable bonds is 3. The van der Waals surface area contributed by atoms with E-state index in [4.69, 9.17) is 0 Å². The molecular formula is C12H7F3O4S. The number of carbonyl (C=O) groups is 1. The summed E-state index contributed by atoms with van der Waals surface area (Å²) in [6.07, 6.45) is 0.388. The van der Waals surface area contributed by atoms with E-state index in [1.807, 2.05) is 0 Å². The maximum atomic E-state index is 12.3. The Kier molecular flexibility index (Phi) is 3.43. The molecule has 106 valence electrons. The molecule has 0 heterocycles. The van der Waals surface area contributed by atoms with E-state index in [0.29, 0.717) is 11.7 Å². The van der Waals surface area contributed by atoms with Gasteiger partial charge in [0.05, 0.1) is 0 Å². The predicted molar refractivity (Wildman–Crippen MR) is 64.9 cm³/mol. The Morgan fingerprint density at radius 3 is 2.35 bits per heavy atom. The van der Waals surface area contributed by atoms with Gasteiger partial charge in [0.2, 0.25) is 0 Å². The molecule has 0 unspecified atom stereocenters. The largest absolute Gasteiger partial charge is 0.534 e. The van der Waals surface area contributed by atoms with E-state index in [1.165, 1.54) is 24.3 Å². The number of halogens is 3. The standard InChI is InChI=1S/C12H7F3O4S/c13-12(14,15)20(17,18)19-11-6-8(7-16)5-9-3-1-2-4-10(9)11/h1-7H. The van der Waals surface area contributed by atoms with Crippen molar-refractivity contribution >= 4 is 27.2 Å². The maximum Gasteiger partial charge on any atom is 0.534 e. The van der Waals surface area contributed by atoms with Crippen LogP contribution in [0.3, 0.4) is 0 Å². The number of fused-ring (bicyclic) bond motifs is 1. The Balaban J connectivity index is 2.62. The first kappa shape index (κ1) is 14.3. The normalized spacial score (nSPS) is 12.3. The van der Waals surface area contributed by atoms with Crippen molar-refractivity contribution < 1.29 is 30.6 Å². The van der Waals surface area contributed by atoms with Crippen LogP contribution in [0.4, 0.5) is 13.2 Å². The third-order valence-electron chi connectivity index (χ3n) is 2.47. The topological polar surface area (TPSA) is 60.4 Å². The lowest BCUT2D eigenvalue weighted by Gasteiger charge is -2.12. The monoisotopic (exact) mass is 304 g/mol. The summed E-state index contributed by atoms with van der Waals surface area (Å²) in [5.41, 5.74) is -5.53. The Morgan fingerprint density at radius 2 is 1.75 bits per heavy atom. The zero-order valence-corrected chi connectivity index (χ0v) is 10.5. The Hall–Kier alpha value is -2.09. The van der Waals surface area contributed by atoms with Crippen LogP contribution in [0.1, 0.15) is 10.4 Å². The van der Waals surface area contributed by atoms with E-state index in [1.54, 1.807) is 6.07 Å². The molecular weight excluding hydrogens is 297 g/mol. The van der Waals surface area contributed by atoms with Crippen LogP contribution in [-0.2, 0) is 10.1 Å². The Morgan fingerprint density at radius 1 is 1.10 bits per heavy atom. The highest BCUT2D eigenvalue weighted by Gasteiger charge is 2.48. The molecule has 0 spiro atoms. The molecule has 0 atom stereocenters. The lowest BCUT2D eigenvalue weighted by Crippen LogP contribution is -2.28. The third-order valence-corrected chi connectivity index (χ3v) is 3.43.